The highest BCUT2D eigenvalue weighted by Crippen LogP contribution is 2.43. The summed E-state index contributed by atoms with van der Waals surface area (Å²) in [5.41, 5.74) is 3.10. The number of para-hydroxylation sites is 3. The van der Waals surface area contributed by atoms with E-state index in [1.165, 1.54) is 4.57 Å². The van der Waals surface area contributed by atoms with E-state index in [9.17, 15) is 6.85 Å². The van der Waals surface area contributed by atoms with Crippen LogP contribution < -0.4 is 0 Å². The number of furan rings is 1. The van der Waals surface area contributed by atoms with E-state index >= 15 is 0 Å². The van der Waals surface area contributed by atoms with Gasteiger partial charge in [0.25, 0.3) is 0 Å². The normalized spacial score (nSPS) is 14.6. The van der Waals surface area contributed by atoms with Crippen molar-refractivity contribution in [3.63, 3.8) is 0 Å². The molecule has 0 atom stereocenters. The zero-order chi connectivity index (χ0) is 47.4. The van der Waals surface area contributed by atoms with E-state index in [2.05, 4.69) is 0 Å². The molecule has 0 bridgehead atoms. The van der Waals surface area contributed by atoms with Gasteiger partial charge in [0.1, 0.15) is 11.2 Å². The van der Waals surface area contributed by atoms with Gasteiger partial charge in [-0.15, -0.1) is 0 Å². The summed E-state index contributed by atoms with van der Waals surface area (Å²) in [6, 6.07) is 29.5. The summed E-state index contributed by atoms with van der Waals surface area (Å²) in [5.74, 6) is 0.771. The van der Waals surface area contributed by atoms with E-state index in [0.29, 0.717) is 50.6 Å². The molecule has 0 saturated carbocycles. The second-order valence-electron chi connectivity index (χ2n) is 13.1. The van der Waals surface area contributed by atoms with Gasteiger partial charge in [-0.25, -0.2) is 15.0 Å². The van der Waals surface area contributed by atoms with Crippen LogP contribution in [0.3, 0.4) is 0 Å². The van der Waals surface area contributed by atoms with E-state index in [-0.39, 0.29) is 38.9 Å². The van der Waals surface area contributed by atoms with Gasteiger partial charge < -0.3 is 8.98 Å². The van der Waals surface area contributed by atoms with Crippen molar-refractivity contribution in [3.05, 3.63) is 194 Å². The summed E-state index contributed by atoms with van der Waals surface area (Å²) in [4.78, 5) is 14.9. The molecule has 3 aromatic heterocycles. The molecule has 11 aromatic rings. The van der Waals surface area contributed by atoms with E-state index in [1.807, 2.05) is 109 Å². The van der Waals surface area contributed by atoms with Gasteiger partial charge in [-0.3, -0.25) is 0 Å². The molecular weight excluding hydrogens is 685 g/mol. The molecule has 0 N–H and O–H groups in total. The number of nitrogens with zero attached hydrogens (tertiary/aromatic N) is 4. The van der Waals surface area contributed by atoms with Crippen molar-refractivity contribution in [2.75, 3.05) is 0 Å². The zero-order valence-electron chi connectivity index (χ0n) is 41.2. The fourth-order valence-electron chi connectivity index (χ4n) is 7.35. The second kappa shape index (κ2) is 13.0. The van der Waals surface area contributed by atoms with Crippen molar-refractivity contribution in [1.82, 2.24) is 19.5 Å². The first-order valence-corrected chi connectivity index (χ1v) is 17.8. The molecule has 8 aromatic carbocycles. The molecule has 0 saturated heterocycles. The van der Waals surface area contributed by atoms with Gasteiger partial charge in [0, 0.05) is 43.8 Å². The lowest BCUT2D eigenvalue weighted by Crippen LogP contribution is -2.04. The van der Waals surface area contributed by atoms with Crippen LogP contribution in [-0.4, -0.2) is 19.5 Å². The Bertz CT molecular complexity index is 3860. The molecule has 0 amide bonds. The number of aromatic nitrogens is 4. The van der Waals surface area contributed by atoms with Gasteiger partial charge >= 0.3 is 0 Å². The van der Waals surface area contributed by atoms with E-state index in [1.54, 1.807) is 12.1 Å². The number of fused-ring (bicyclic) bond motifs is 6. The molecule has 3 heterocycles. The van der Waals surface area contributed by atoms with Crippen LogP contribution in [0.5, 0.6) is 0 Å². The first kappa shape index (κ1) is 21.9. The third-order valence-electron chi connectivity index (χ3n) is 9.86. The third kappa shape index (κ3) is 5.21. The topological polar surface area (TPSA) is 56.7 Å². The van der Waals surface area contributed by atoms with Crippen molar-refractivity contribution >= 4 is 43.7 Å². The summed E-state index contributed by atoms with van der Waals surface area (Å²) in [7, 11) is 0. The standard InChI is InChI=1S/C51H32N4O/c1-4-16-33(17-5-1)37-24-15-28-44-47(37)41-23-10-12-27-43(41)55(44)45-32-36(38-25-14-26-40-39-22-11-13-29-46(39)56-48(38)40)30-31-42(45)51-53-49(34-18-6-2-7-19-34)52-50(54-51)35-20-8-3-9-21-35/h1-32H/i1D,4D,5D,10D,12D,15D,16D,17D,23D,24D,27D,28D. The molecule has 0 aliphatic heterocycles. The van der Waals surface area contributed by atoms with Gasteiger partial charge in [0.2, 0.25) is 0 Å². The van der Waals surface area contributed by atoms with Crippen molar-refractivity contribution < 1.29 is 20.9 Å². The van der Waals surface area contributed by atoms with Crippen LogP contribution in [0.25, 0.3) is 106 Å². The highest BCUT2D eigenvalue weighted by atomic mass is 16.3. The molecule has 5 heteroatoms. The molecule has 0 aliphatic carbocycles. The van der Waals surface area contributed by atoms with Crippen molar-refractivity contribution in [3.8, 4) is 62.1 Å². The number of rotatable bonds is 6. The zero-order valence-corrected chi connectivity index (χ0v) is 29.2. The summed E-state index contributed by atoms with van der Waals surface area (Å²) in [6.45, 7) is 0. The largest absolute Gasteiger partial charge is 0.455 e. The molecule has 56 heavy (non-hydrogen) atoms. The van der Waals surface area contributed by atoms with Gasteiger partial charge in [-0.05, 0) is 47.0 Å². The average Bonchev–Trinajstić information content (AvgIpc) is 3.94. The van der Waals surface area contributed by atoms with E-state index in [0.717, 1.165) is 10.8 Å². The first-order chi connectivity index (χ1) is 32.8. The number of hydrogen-bond acceptors (Lipinski definition) is 4. The Balaban J connectivity index is 1.35. The quantitative estimate of drug-likeness (QED) is 0.171. The average molecular weight is 729 g/mol. The Morgan fingerprint density at radius 2 is 1.09 bits per heavy atom. The fourth-order valence-corrected chi connectivity index (χ4v) is 7.35. The molecule has 262 valence electrons. The van der Waals surface area contributed by atoms with Gasteiger partial charge in [0.15, 0.2) is 17.5 Å². The first-order valence-electron chi connectivity index (χ1n) is 23.8. The molecule has 11 rings (SSSR count). The number of benzene rings is 8. The molecule has 0 spiro atoms. The van der Waals surface area contributed by atoms with Crippen LogP contribution in [0.4, 0.5) is 0 Å². The Morgan fingerprint density at radius 1 is 0.429 bits per heavy atom. The number of hydrogen-bond donors (Lipinski definition) is 0. The van der Waals surface area contributed by atoms with Crippen LogP contribution in [0, 0.1) is 0 Å². The van der Waals surface area contributed by atoms with Crippen LogP contribution in [0.1, 0.15) is 16.4 Å². The Morgan fingerprint density at radius 3 is 1.88 bits per heavy atom. The van der Waals surface area contributed by atoms with Gasteiger partial charge in [0.05, 0.1) is 33.2 Å². The highest BCUT2D eigenvalue weighted by Gasteiger charge is 2.22. The predicted octanol–water partition coefficient (Wildman–Crippen LogP) is 13.2. The van der Waals surface area contributed by atoms with E-state index < -0.39 is 78.1 Å². The minimum atomic E-state index is -0.714. The van der Waals surface area contributed by atoms with Gasteiger partial charge in [-0.2, -0.15) is 0 Å². The summed E-state index contributed by atoms with van der Waals surface area (Å²) in [5, 5.41) is 1.35. The highest BCUT2D eigenvalue weighted by molar-refractivity contribution is 6.16. The van der Waals surface area contributed by atoms with E-state index in [4.69, 9.17) is 29.0 Å². The lowest BCUT2D eigenvalue weighted by Gasteiger charge is -2.17. The molecule has 5 nitrogen and oxygen atoms in total. The Labute approximate surface area is 339 Å². The van der Waals surface area contributed by atoms with Crippen molar-refractivity contribution in [2.45, 2.75) is 0 Å². The van der Waals surface area contributed by atoms with Crippen LogP contribution in [-0.2, 0) is 0 Å². The maximum absolute atomic E-state index is 9.64. The Hall–Kier alpha value is -7.63. The molecular formula is C51H32N4O. The van der Waals surface area contributed by atoms with Crippen LogP contribution in [0.2, 0.25) is 0 Å². The minimum Gasteiger partial charge on any atom is -0.455 e. The van der Waals surface area contributed by atoms with Gasteiger partial charge in [-0.1, -0.05) is 164 Å². The lowest BCUT2D eigenvalue weighted by molar-refractivity contribution is 0.670. The predicted molar refractivity (Wildman–Crippen MR) is 229 cm³/mol. The molecule has 0 radical (unpaired) electrons. The summed E-state index contributed by atoms with van der Waals surface area (Å²) < 4.78 is 117. The Kier molecular flexibility index (Phi) is 5.10. The van der Waals surface area contributed by atoms with Crippen LogP contribution >= 0.6 is 0 Å². The molecule has 0 fully saturated rings. The van der Waals surface area contributed by atoms with Crippen molar-refractivity contribution in [2.24, 2.45) is 0 Å². The molecule has 0 aliphatic rings. The maximum Gasteiger partial charge on any atom is 0.166 e. The summed E-state index contributed by atoms with van der Waals surface area (Å²) >= 11 is 0. The third-order valence-corrected chi connectivity index (χ3v) is 9.86. The fraction of sp³-hybridized carbons (Fsp3) is 0. The monoisotopic (exact) mass is 728 g/mol. The minimum absolute atomic E-state index is 0.137. The SMILES string of the molecule is [2H]c1c([2H])c([2H])c(-c2c([2H])c([2H])c([2H])c3c2c2c([2H])c([2H])c([2H])c([2H])c2n3-c2cc(-c3cccc4c3oc3ccccc34)ccc2-c2nc(-c3ccccc3)nc(-c3ccccc3)n2)c([2H])c1[2H]. The maximum atomic E-state index is 9.64. The van der Waals surface area contributed by atoms with Crippen LogP contribution in [0.15, 0.2) is 198 Å². The van der Waals surface area contributed by atoms with Crippen molar-refractivity contribution in [1.29, 1.82) is 0 Å². The second-order valence-corrected chi connectivity index (χ2v) is 13.1. The lowest BCUT2D eigenvalue weighted by atomic mass is 9.99. The molecule has 0 unspecified atom stereocenters. The smallest absolute Gasteiger partial charge is 0.166 e. The summed E-state index contributed by atoms with van der Waals surface area (Å²) in [6.07, 6.45) is 0.